The van der Waals surface area contributed by atoms with Crippen LogP contribution in [0.2, 0.25) is 0 Å². The molecule has 0 amide bonds. The minimum absolute atomic E-state index is 0.340. The van der Waals surface area contributed by atoms with Crippen molar-refractivity contribution in [3.63, 3.8) is 0 Å². The maximum atomic E-state index is 10.3. The molecule has 102 valence electrons. The molecule has 1 rings (SSSR count). The Balaban J connectivity index is 1.89. The van der Waals surface area contributed by atoms with Crippen molar-refractivity contribution in [1.82, 2.24) is 5.32 Å². The van der Waals surface area contributed by atoms with E-state index in [2.05, 4.69) is 12.2 Å². The molecule has 0 aromatic rings. The van der Waals surface area contributed by atoms with Gasteiger partial charge in [0.05, 0.1) is 5.60 Å². The summed E-state index contributed by atoms with van der Waals surface area (Å²) in [6.45, 7) is 4.25. The molecule has 2 nitrogen and oxygen atoms in total. The molecular weight excluding hydrogens is 210 g/mol. The maximum Gasteiger partial charge on any atom is 0.0672 e. The van der Waals surface area contributed by atoms with Crippen molar-refractivity contribution < 1.29 is 5.11 Å². The molecule has 0 aliphatic carbocycles. The minimum atomic E-state index is -0.340. The summed E-state index contributed by atoms with van der Waals surface area (Å²) < 4.78 is 0. The molecule has 1 heterocycles. The van der Waals surface area contributed by atoms with Crippen LogP contribution in [0.25, 0.3) is 0 Å². The van der Waals surface area contributed by atoms with E-state index < -0.39 is 0 Å². The summed E-state index contributed by atoms with van der Waals surface area (Å²) in [5.41, 5.74) is -0.340. The summed E-state index contributed by atoms with van der Waals surface area (Å²) in [4.78, 5) is 0. The number of hydrogen-bond acceptors (Lipinski definition) is 2. The number of nitrogens with one attached hydrogen (secondary N) is 1. The Morgan fingerprint density at radius 2 is 1.41 bits per heavy atom. The van der Waals surface area contributed by atoms with E-state index in [1.54, 1.807) is 0 Å². The van der Waals surface area contributed by atoms with Crippen LogP contribution in [-0.2, 0) is 0 Å². The van der Waals surface area contributed by atoms with Crippen molar-refractivity contribution >= 4 is 0 Å². The number of aliphatic hydroxyl groups is 1. The first-order chi connectivity index (χ1) is 8.27. The quantitative estimate of drug-likeness (QED) is 0.604. The summed E-state index contributed by atoms with van der Waals surface area (Å²) in [5, 5.41) is 13.6. The third-order valence-corrected chi connectivity index (χ3v) is 4.03. The van der Waals surface area contributed by atoms with E-state index in [9.17, 15) is 5.11 Å². The molecule has 0 atom stereocenters. The molecule has 2 N–H and O–H groups in total. The average Bonchev–Trinajstić information content (AvgIpc) is 2.33. The normalized spacial score (nSPS) is 19.4. The van der Waals surface area contributed by atoms with Crippen LogP contribution < -0.4 is 5.32 Å². The fourth-order valence-electron chi connectivity index (χ4n) is 2.73. The van der Waals surface area contributed by atoms with Gasteiger partial charge in [-0.1, -0.05) is 58.3 Å². The molecule has 0 unspecified atom stereocenters. The van der Waals surface area contributed by atoms with E-state index in [1.165, 1.54) is 51.4 Å². The summed E-state index contributed by atoms with van der Waals surface area (Å²) in [7, 11) is 0. The van der Waals surface area contributed by atoms with Crippen molar-refractivity contribution in [2.75, 3.05) is 13.1 Å². The first kappa shape index (κ1) is 15.0. The lowest BCUT2D eigenvalue weighted by Gasteiger charge is -2.32. The van der Waals surface area contributed by atoms with Crippen molar-refractivity contribution in [2.45, 2.75) is 83.2 Å². The largest absolute Gasteiger partial charge is 0.390 e. The zero-order valence-electron chi connectivity index (χ0n) is 11.6. The van der Waals surface area contributed by atoms with Crippen molar-refractivity contribution in [3.05, 3.63) is 0 Å². The smallest absolute Gasteiger partial charge is 0.0672 e. The van der Waals surface area contributed by atoms with Gasteiger partial charge < -0.3 is 10.4 Å². The Morgan fingerprint density at radius 1 is 0.882 bits per heavy atom. The van der Waals surface area contributed by atoms with E-state index in [1.807, 2.05) is 0 Å². The highest BCUT2D eigenvalue weighted by Crippen LogP contribution is 2.25. The van der Waals surface area contributed by atoms with Crippen molar-refractivity contribution in [1.29, 1.82) is 0 Å². The van der Waals surface area contributed by atoms with Gasteiger partial charge in [0.2, 0.25) is 0 Å². The molecule has 1 aliphatic heterocycles. The predicted octanol–water partition coefficient (Wildman–Crippen LogP) is 3.63. The Hall–Kier alpha value is -0.0800. The van der Waals surface area contributed by atoms with Crippen LogP contribution in [0.3, 0.4) is 0 Å². The highest BCUT2D eigenvalue weighted by molar-refractivity contribution is 4.83. The van der Waals surface area contributed by atoms with Gasteiger partial charge in [-0.3, -0.25) is 0 Å². The third kappa shape index (κ3) is 7.05. The number of rotatable bonds is 9. The van der Waals surface area contributed by atoms with Gasteiger partial charge in [0.15, 0.2) is 0 Å². The van der Waals surface area contributed by atoms with Gasteiger partial charge in [-0.15, -0.1) is 0 Å². The lowest BCUT2D eigenvalue weighted by molar-refractivity contribution is 0.000286. The lowest BCUT2D eigenvalue weighted by Crippen LogP contribution is -2.41. The molecule has 1 aliphatic rings. The molecule has 0 saturated carbocycles. The zero-order valence-corrected chi connectivity index (χ0v) is 11.6. The fourth-order valence-corrected chi connectivity index (χ4v) is 2.73. The van der Waals surface area contributed by atoms with E-state index in [-0.39, 0.29) is 5.60 Å². The maximum absolute atomic E-state index is 10.3. The average molecular weight is 241 g/mol. The second-order valence-corrected chi connectivity index (χ2v) is 5.70. The van der Waals surface area contributed by atoms with Crippen molar-refractivity contribution in [2.24, 2.45) is 0 Å². The Kier molecular flexibility index (Phi) is 7.87. The van der Waals surface area contributed by atoms with Crippen molar-refractivity contribution in [3.8, 4) is 0 Å². The van der Waals surface area contributed by atoms with Crippen LogP contribution in [-0.4, -0.2) is 23.8 Å². The first-order valence-electron chi connectivity index (χ1n) is 7.70. The molecule has 0 radical (unpaired) electrons. The topological polar surface area (TPSA) is 32.3 Å². The SMILES string of the molecule is CCCCCCCCCCC1(O)CCNCC1. The van der Waals surface area contributed by atoms with Crippen LogP contribution in [0.1, 0.15) is 77.6 Å². The summed E-state index contributed by atoms with van der Waals surface area (Å²) >= 11 is 0. The van der Waals surface area contributed by atoms with E-state index in [0.29, 0.717) is 0 Å². The van der Waals surface area contributed by atoms with Gasteiger partial charge in [-0.2, -0.15) is 0 Å². The van der Waals surface area contributed by atoms with Crippen LogP contribution in [0, 0.1) is 0 Å². The highest BCUT2D eigenvalue weighted by Gasteiger charge is 2.27. The van der Waals surface area contributed by atoms with Gasteiger partial charge in [0.25, 0.3) is 0 Å². The van der Waals surface area contributed by atoms with Gasteiger partial charge in [-0.25, -0.2) is 0 Å². The van der Waals surface area contributed by atoms with Crippen LogP contribution >= 0.6 is 0 Å². The number of unbranched alkanes of at least 4 members (excludes halogenated alkanes) is 7. The molecule has 0 aromatic heterocycles. The van der Waals surface area contributed by atoms with Crippen LogP contribution in [0.5, 0.6) is 0 Å². The fraction of sp³-hybridized carbons (Fsp3) is 1.00. The second kappa shape index (κ2) is 8.93. The van der Waals surface area contributed by atoms with Crippen LogP contribution in [0.4, 0.5) is 0 Å². The Bertz CT molecular complexity index is 176. The molecule has 1 saturated heterocycles. The lowest BCUT2D eigenvalue weighted by atomic mass is 9.87. The zero-order chi connectivity index (χ0) is 12.4. The molecule has 2 heteroatoms. The monoisotopic (exact) mass is 241 g/mol. The molecular formula is C15H31NO. The van der Waals surface area contributed by atoms with E-state index >= 15 is 0 Å². The summed E-state index contributed by atoms with van der Waals surface area (Å²) in [5.74, 6) is 0. The third-order valence-electron chi connectivity index (χ3n) is 4.03. The number of piperidine rings is 1. The molecule has 0 spiro atoms. The molecule has 1 fully saturated rings. The molecule has 17 heavy (non-hydrogen) atoms. The minimum Gasteiger partial charge on any atom is -0.390 e. The van der Waals surface area contributed by atoms with Gasteiger partial charge >= 0.3 is 0 Å². The Labute approximate surface area is 107 Å². The van der Waals surface area contributed by atoms with E-state index in [0.717, 1.165) is 32.4 Å². The molecule has 0 bridgehead atoms. The first-order valence-corrected chi connectivity index (χ1v) is 7.70. The van der Waals surface area contributed by atoms with Crippen LogP contribution in [0.15, 0.2) is 0 Å². The standard InChI is InChI=1S/C15H31NO/c1-2-3-4-5-6-7-8-9-10-15(17)11-13-16-14-12-15/h16-17H,2-14H2,1H3. The number of hydrogen-bond donors (Lipinski definition) is 2. The summed E-state index contributed by atoms with van der Waals surface area (Å²) in [6, 6.07) is 0. The van der Waals surface area contributed by atoms with Gasteiger partial charge in [0, 0.05) is 0 Å². The highest BCUT2D eigenvalue weighted by atomic mass is 16.3. The molecule has 0 aromatic carbocycles. The second-order valence-electron chi connectivity index (χ2n) is 5.70. The predicted molar refractivity (Wildman–Crippen MR) is 74.3 cm³/mol. The Morgan fingerprint density at radius 3 is 2.00 bits per heavy atom. The van der Waals surface area contributed by atoms with E-state index in [4.69, 9.17) is 0 Å². The summed E-state index contributed by atoms with van der Waals surface area (Å²) in [6.07, 6.45) is 13.7. The van der Waals surface area contributed by atoms with Gasteiger partial charge in [-0.05, 0) is 32.4 Å². The van der Waals surface area contributed by atoms with Gasteiger partial charge in [0.1, 0.15) is 0 Å².